The molecule has 0 saturated heterocycles. The lowest BCUT2D eigenvalue weighted by Gasteiger charge is -2.09. The minimum Gasteiger partial charge on any atom is -0.492 e. The molecule has 2 N–H and O–H groups in total. The van der Waals surface area contributed by atoms with E-state index in [1.165, 1.54) is 18.6 Å². The largest absolute Gasteiger partial charge is 0.492 e. The average Bonchev–Trinajstić information content (AvgIpc) is 3.19. The van der Waals surface area contributed by atoms with Gasteiger partial charge in [-0.05, 0) is 29.8 Å². The fourth-order valence-corrected chi connectivity index (χ4v) is 3.64. The van der Waals surface area contributed by atoms with Crippen LogP contribution in [-0.4, -0.2) is 39.1 Å². The van der Waals surface area contributed by atoms with Crippen LogP contribution in [0.3, 0.4) is 0 Å². The smallest absolute Gasteiger partial charge is 0.267 e. The number of primary amides is 1. The van der Waals surface area contributed by atoms with Crippen LogP contribution < -0.4 is 15.2 Å². The summed E-state index contributed by atoms with van der Waals surface area (Å²) < 4.78 is 11.5. The molecule has 0 aliphatic carbocycles. The highest BCUT2D eigenvalue weighted by Gasteiger charge is 2.14. The molecule has 1 amide bonds. The van der Waals surface area contributed by atoms with Gasteiger partial charge in [-0.15, -0.1) is 11.3 Å². The number of nitrogens with zero attached hydrogens (tertiary/aromatic N) is 4. The summed E-state index contributed by atoms with van der Waals surface area (Å²) in [5, 5.41) is 2.95. The van der Waals surface area contributed by atoms with E-state index < -0.39 is 5.91 Å². The summed E-state index contributed by atoms with van der Waals surface area (Å²) in [6.45, 7) is 0.872. The zero-order chi connectivity index (χ0) is 20.1. The zero-order valence-electron chi connectivity index (χ0n) is 15.3. The summed E-state index contributed by atoms with van der Waals surface area (Å²) in [4.78, 5) is 28.6. The van der Waals surface area contributed by atoms with E-state index in [-0.39, 0.29) is 5.69 Å². The molecule has 4 rings (SSSR count). The van der Waals surface area contributed by atoms with Crippen molar-refractivity contribution in [2.75, 3.05) is 13.2 Å². The van der Waals surface area contributed by atoms with E-state index in [0.29, 0.717) is 31.3 Å². The minimum atomic E-state index is -0.569. The van der Waals surface area contributed by atoms with Gasteiger partial charge < -0.3 is 15.2 Å². The first-order chi connectivity index (χ1) is 14.2. The van der Waals surface area contributed by atoms with Crippen LogP contribution in [-0.2, 0) is 0 Å². The lowest BCUT2D eigenvalue weighted by atomic mass is 10.1. The van der Waals surface area contributed by atoms with Crippen LogP contribution in [0.25, 0.3) is 21.3 Å². The summed E-state index contributed by atoms with van der Waals surface area (Å²) in [6.07, 6.45) is 7.14. The van der Waals surface area contributed by atoms with Crippen molar-refractivity contribution in [1.29, 1.82) is 0 Å². The molecule has 146 valence electrons. The topological polar surface area (TPSA) is 113 Å². The molecule has 9 heteroatoms. The number of fused-ring (bicyclic) bond motifs is 1. The fourth-order valence-electron chi connectivity index (χ4n) is 2.73. The quantitative estimate of drug-likeness (QED) is 0.447. The van der Waals surface area contributed by atoms with E-state index in [2.05, 4.69) is 19.9 Å². The number of carbonyl (C=O) groups excluding carboxylic acids is 1. The van der Waals surface area contributed by atoms with Gasteiger partial charge in [0.05, 0.1) is 24.8 Å². The molecule has 4 aromatic heterocycles. The summed E-state index contributed by atoms with van der Waals surface area (Å²) >= 11 is 1.55. The van der Waals surface area contributed by atoms with E-state index in [0.717, 1.165) is 21.3 Å². The Balaban J connectivity index is 1.37. The number of carbonyl (C=O) groups is 1. The molecule has 0 atom stereocenters. The minimum absolute atomic E-state index is 0.203. The number of ether oxygens (including phenoxy) is 2. The Bertz CT molecular complexity index is 1120. The van der Waals surface area contributed by atoms with Gasteiger partial charge in [0, 0.05) is 29.8 Å². The molecular weight excluding hydrogens is 390 g/mol. The molecule has 0 radical (unpaired) electrons. The van der Waals surface area contributed by atoms with Crippen LogP contribution in [0.15, 0.2) is 54.6 Å². The van der Waals surface area contributed by atoms with Crippen molar-refractivity contribution in [3.05, 3.63) is 60.3 Å². The monoisotopic (exact) mass is 407 g/mol. The summed E-state index contributed by atoms with van der Waals surface area (Å²) in [5.41, 5.74) is 7.44. The Kier molecular flexibility index (Phi) is 5.57. The number of hydrogen-bond donors (Lipinski definition) is 1. The van der Waals surface area contributed by atoms with Crippen LogP contribution in [0.5, 0.6) is 11.6 Å². The van der Waals surface area contributed by atoms with Crippen molar-refractivity contribution in [1.82, 2.24) is 19.9 Å². The highest BCUT2D eigenvalue weighted by atomic mass is 32.1. The molecular formula is C20H17N5O3S. The second-order valence-electron chi connectivity index (χ2n) is 6.04. The third-order valence-electron chi connectivity index (χ3n) is 4.11. The number of pyridine rings is 2. The highest BCUT2D eigenvalue weighted by molar-refractivity contribution is 7.17. The number of thiophene rings is 1. The van der Waals surface area contributed by atoms with Crippen molar-refractivity contribution in [3.8, 4) is 22.8 Å². The predicted molar refractivity (Wildman–Crippen MR) is 109 cm³/mol. The van der Waals surface area contributed by atoms with Crippen molar-refractivity contribution in [3.63, 3.8) is 0 Å². The molecule has 0 aromatic carbocycles. The van der Waals surface area contributed by atoms with Crippen molar-refractivity contribution >= 4 is 27.5 Å². The predicted octanol–water partition coefficient (Wildman–Crippen LogP) is 3.10. The second-order valence-corrected chi connectivity index (χ2v) is 6.90. The highest BCUT2D eigenvalue weighted by Crippen LogP contribution is 2.37. The first kappa shape index (κ1) is 18.8. The fraction of sp³-hybridized carbons (Fsp3) is 0.150. The summed E-state index contributed by atoms with van der Waals surface area (Å²) in [5.74, 6) is 0.549. The third kappa shape index (κ3) is 4.30. The standard InChI is InChI=1S/C20H17N5O3S/c21-18(26)16-3-2-14(10-23-16)27-8-1-9-28-19-17-15(13-4-6-22-7-5-13)11-29-20(17)25-12-24-19/h2-7,10-12H,1,8-9H2,(H2,21,26). The Labute approximate surface area is 170 Å². The Morgan fingerprint density at radius 3 is 2.62 bits per heavy atom. The van der Waals surface area contributed by atoms with Gasteiger partial charge >= 0.3 is 0 Å². The van der Waals surface area contributed by atoms with Crippen LogP contribution in [0.1, 0.15) is 16.9 Å². The molecule has 0 unspecified atom stereocenters. The lowest BCUT2D eigenvalue weighted by Crippen LogP contribution is -2.12. The Morgan fingerprint density at radius 2 is 1.86 bits per heavy atom. The molecule has 0 fully saturated rings. The number of aromatic nitrogens is 4. The van der Waals surface area contributed by atoms with Crippen molar-refractivity contribution < 1.29 is 14.3 Å². The average molecular weight is 407 g/mol. The van der Waals surface area contributed by atoms with Crippen LogP contribution in [0.4, 0.5) is 0 Å². The molecule has 4 heterocycles. The molecule has 29 heavy (non-hydrogen) atoms. The number of hydrogen-bond acceptors (Lipinski definition) is 8. The zero-order valence-corrected chi connectivity index (χ0v) is 16.1. The number of rotatable bonds is 8. The van der Waals surface area contributed by atoms with Gasteiger partial charge in [0.25, 0.3) is 5.91 Å². The van der Waals surface area contributed by atoms with Gasteiger partial charge in [-0.2, -0.15) is 0 Å². The van der Waals surface area contributed by atoms with E-state index >= 15 is 0 Å². The van der Waals surface area contributed by atoms with Crippen molar-refractivity contribution in [2.24, 2.45) is 5.73 Å². The SMILES string of the molecule is NC(=O)c1ccc(OCCCOc2ncnc3scc(-c4ccncc4)c23)cn1. The maximum Gasteiger partial charge on any atom is 0.267 e. The molecule has 4 aromatic rings. The molecule has 0 aliphatic heterocycles. The van der Waals surface area contributed by atoms with Crippen molar-refractivity contribution in [2.45, 2.75) is 6.42 Å². The van der Waals surface area contributed by atoms with E-state index in [1.807, 2.05) is 17.5 Å². The van der Waals surface area contributed by atoms with E-state index in [1.54, 1.807) is 29.8 Å². The first-order valence-electron chi connectivity index (χ1n) is 8.86. The van der Waals surface area contributed by atoms with Crippen LogP contribution in [0.2, 0.25) is 0 Å². The van der Waals surface area contributed by atoms with Gasteiger partial charge in [-0.25, -0.2) is 15.0 Å². The van der Waals surface area contributed by atoms with Crippen LogP contribution >= 0.6 is 11.3 Å². The van der Waals surface area contributed by atoms with E-state index in [9.17, 15) is 4.79 Å². The first-order valence-corrected chi connectivity index (χ1v) is 9.74. The van der Waals surface area contributed by atoms with E-state index in [4.69, 9.17) is 15.2 Å². The Morgan fingerprint density at radius 1 is 1.03 bits per heavy atom. The molecule has 0 bridgehead atoms. The lowest BCUT2D eigenvalue weighted by molar-refractivity contribution is 0.0995. The molecule has 0 saturated carbocycles. The normalized spacial score (nSPS) is 10.8. The second kappa shape index (κ2) is 8.61. The maximum absolute atomic E-state index is 11.0. The van der Waals surface area contributed by atoms with Gasteiger partial charge in [0.1, 0.15) is 22.6 Å². The van der Waals surface area contributed by atoms with Crippen LogP contribution in [0, 0.1) is 0 Å². The molecule has 0 spiro atoms. The molecule has 8 nitrogen and oxygen atoms in total. The maximum atomic E-state index is 11.0. The third-order valence-corrected chi connectivity index (χ3v) is 5.00. The Hall–Kier alpha value is -3.59. The van der Waals surface area contributed by atoms with Gasteiger partial charge in [0.15, 0.2) is 0 Å². The summed E-state index contributed by atoms with van der Waals surface area (Å²) in [7, 11) is 0. The number of nitrogens with two attached hydrogens (primary N) is 1. The molecule has 0 aliphatic rings. The van der Waals surface area contributed by atoms with Gasteiger partial charge in [0.2, 0.25) is 5.88 Å². The van der Waals surface area contributed by atoms with Gasteiger partial charge in [-0.1, -0.05) is 0 Å². The number of amides is 1. The summed E-state index contributed by atoms with van der Waals surface area (Å²) in [6, 6.07) is 7.09. The van der Waals surface area contributed by atoms with Gasteiger partial charge in [-0.3, -0.25) is 9.78 Å².